The molecule has 2 aromatic carbocycles. The van der Waals surface area contributed by atoms with Gasteiger partial charge in [0, 0.05) is 6.54 Å². The van der Waals surface area contributed by atoms with Crippen LogP contribution < -0.4 is 15.4 Å². The third kappa shape index (κ3) is 4.30. The summed E-state index contributed by atoms with van der Waals surface area (Å²) >= 11 is 0. The highest BCUT2D eigenvalue weighted by molar-refractivity contribution is 5.94. The van der Waals surface area contributed by atoms with Gasteiger partial charge in [-0.05, 0) is 67.1 Å². The SMILES string of the molecule is Cc1ccc(C(C)C)c(OC(C)C(=O)Nc2ccc3c(c2F)CCNC3)c1. The summed E-state index contributed by atoms with van der Waals surface area (Å²) in [6, 6.07) is 9.48. The number of halogens is 1. The number of amides is 1. The summed E-state index contributed by atoms with van der Waals surface area (Å²) in [5.41, 5.74) is 3.96. The molecule has 27 heavy (non-hydrogen) atoms. The number of anilines is 1. The van der Waals surface area contributed by atoms with E-state index in [0.717, 1.165) is 23.2 Å². The van der Waals surface area contributed by atoms with Crippen LogP contribution in [0.2, 0.25) is 0 Å². The minimum absolute atomic E-state index is 0.212. The van der Waals surface area contributed by atoms with Crippen molar-refractivity contribution in [2.24, 2.45) is 0 Å². The van der Waals surface area contributed by atoms with Gasteiger partial charge in [0.1, 0.15) is 11.6 Å². The Morgan fingerprint density at radius 3 is 2.74 bits per heavy atom. The summed E-state index contributed by atoms with van der Waals surface area (Å²) in [7, 11) is 0. The van der Waals surface area contributed by atoms with Crippen LogP contribution in [0.5, 0.6) is 5.75 Å². The van der Waals surface area contributed by atoms with E-state index in [1.807, 2.05) is 31.2 Å². The number of benzene rings is 2. The van der Waals surface area contributed by atoms with Gasteiger partial charge in [-0.2, -0.15) is 0 Å². The first-order valence-electron chi connectivity index (χ1n) is 9.46. The van der Waals surface area contributed by atoms with Gasteiger partial charge < -0.3 is 15.4 Å². The van der Waals surface area contributed by atoms with Crippen molar-refractivity contribution in [3.8, 4) is 5.75 Å². The van der Waals surface area contributed by atoms with Crippen molar-refractivity contribution < 1.29 is 13.9 Å². The van der Waals surface area contributed by atoms with Crippen molar-refractivity contribution in [1.29, 1.82) is 0 Å². The predicted octanol–water partition coefficient (Wildman–Crippen LogP) is 4.31. The van der Waals surface area contributed by atoms with E-state index >= 15 is 0 Å². The van der Waals surface area contributed by atoms with Crippen LogP contribution in [0.1, 0.15) is 48.9 Å². The molecule has 1 atom stereocenters. The molecular formula is C22H27FN2O2. The summed E-state index contributed by atoms with van der Waals surface area (Å²) in [6.45, 7) is 9.23. The van der Waals surface area contributed by atoms with E-state index in [4.69, 9.17) is 4.74 Å². The monoisotopic (exact) mass is 370 g/mol. The van der Waals surface area contributed by atoms with E-state index in [9.17, 15) is 9.18 Å². The molecule has 1 amide bonds. The fourth-order valence-corrected chi connectivity index (χ4v) is 3.33. The normalized spacial score (nSPS) is 14.6. The second kappa shape index (κ2) is 8.09. The van der Waals surface area contributed by atoms with E-state index < -0.39 is 6.10 Å². The molecule has 1 aliphatic rings. The molecule has 0 fully saturated rings. The van der Waals surface area contributed by atoms with E-state index in [2.05, 4.69) is 24.5 Å². The average molecular weight is 370 g/mol. The maximum atomic E-state index is 14.7. The van der Waals surface area contributed by atoms with Gasteiger partial charge in [-0.3, -0.25) is 4.79 Å². The quantitative estimate of drug-likeness (QED) is 0.825. The summed E-state index contributed by atoms with van der Waals surface area (Å²) in [5.74, 6) is 0.277. The van der Waals surface area contributed by atoms with Gasteiger partial charge in [0.2, 0.25) is 0 Å². The Balaban J connectivity index is 1.75. The van der Waals surface area contributed by atoms with Gasteiger partial charge in [-0.15, -0.1) is 0 Å². The van der Waals surface area contributed by atoms with Gasteiger partial charge in [-0.1, -0.05) is 32.0 Å². The smallest absolute Gasteiger partial charge is 0.265 e. The van der Waals surface area contributed by atoms with Gasteiger partial charge in [0.05, 0.1) is 5.69 Å². The fourth-order valence-electron chi connectivity index (χ4n) is 3.33. The largest absolute Gasteiger partial charge is 0.481 e. The highest BCUT2D eigenvalue weighted by Gasteiger charge is 2.21. The lowest BCUT2D eigenvalue weighted by Crippen LogP contribution is -2.31. The standard InChI is InChI=1S/C22H27FN2O2/c1-13(2)17-7-5-14(3)11-20(17)27-15(4)22(26)25-19-8-6-16-12-24-10-9-18(16)21(19)23/h5-8,11,13,15,24H,9-10,12H2,1-4H3,(H,25,26). The second-order valence-corrected chi connectivity index (χ2v) is 7.44. The zero-order chi connectivity index (χ0) is 19.6. The fraction of sp³-hybridized carbons (Fsp3) is 0.409. The van der Waals surface area contributed by atoms with E-state index in [1.54, 1.807) is 13.0 Å². The summed E-state index contributed by atoms with van der Waals surface area (Å²) < 4.78 is 20.7. The number of hydrogen-bond donors (Lipinski definition) is 2. The van der Waals surface area contributed by atoms with Crippen LogP contribution in [0.15, 0.2) is 30.3 Å². The number of carbonyl (C=O) groups excluding carboxylic acids is 1. The number of carbonyl (C=O) groups is 1. The van der Waals surface area contributed by atoms with Gasteiger partial charge in [0.25, 0.3) is 5.91 Å². The third-order valence-corrected chi connectivity index (χ3v) is 4.93. The van der Waals surface area contributed by atoms with Gasteiger partial charge in [0.15, 0.2) is 6.10 Å². The highest BCUT2D eigenvalue weighted by Crippen LogP contribution is 2.29. The maximum Gasteiger partial charge on any atom is 0.265 e. The molecule has 144 valence electrons. The minimum Gasteiger partial charge on any atom is -0.481 e. The lowest BCUT2D eigenvalue weighted by atomic mass is 9.99. The van der Waals surface area contributed by atoms with Crippen molar-refractivity contribution in [2.75, 3.05) is 11.9 Å². The highest BCUT2D eigenvalue weighted by atomic mass is 19.1. The number of rotatable bonds is 5. The average Bonchev–Trinajstić information content (AvgIpc) is 2.64. The van der Waals surface area contributed by atoms with Crippen LogP contribution in [0, 0.1) is 12.7 Å². The van der Waals surface area contributed by atoms with Crippen molar-refractivity contribution >= 4 is 11.6 Å². The van der Waals surface area contributed by atoms with Crippen molar-refractivity contribution in [3.63, 3.8) is 0 Å². The Morgan fingerprint density at radius 2 is 2.00 bits per heavy atom. The molecule has 1 unspecified atom stereocenters. The minimum atomic E-state index is -0.735. The molecule has 4 nitrogen and oxygen atoms in total. The molecule has 5 heteroatoms. The van der Waals surface area contributed by atoms with Crippen LogP contribution >= 0.6 is 0 Å². The molecule has 0 spiro atoms. The van der Waals surface area contributed by atoms with Crippen LogP contribution in [-0.4, -0.2) is 18.6 Å². The summed E-state index contributed by atoms with van der Waals surface area (Å²) in [5, 5.41) is 5.90. The topological polar surface area (TPSA) is 50.4 Å². The van der Waals surface area contributed by atoms with Gasteiger partial charge >= 0.3 is 0 Å². The number of fused-ring (bicyclic) bond motifs is 1. The lowest BCUT2D eigenvalue weighted by Gasteiger charge is -2.21. The number of nitrogens with one attached hydrogen (secondary N) is 2. The Bertz CT molecular complexity index is 848. The molecule has 0 saturated carbocycles. The Labute approximate surface area is 160 Å². The summed E-state index contributed by atoms with van der Waals surface area (Å²) in [4.78, 5) is 12.6. The molecule has 0 bridgehead atoms. The van der Waals surface area contributed by atoms with Crippen LogP contribution in [0.3, 0.4) is 0 Å². The van der Waals surface area contributed by atoms with Crippen LogP contribution in [0.4, 0.5) is 10.1 Å². The van der Waals surface area contributed by atoms with Crippen LogP contribution in [0.25, 0.3) is 0 Å². The van der Waals surface area contributed by atoms with Crippen LogP contribution in [-0.2, 0) is 17.8 Å². The zero-order valence-corrected chi connectivity index (χ0v) is 16.4. The third-order valence-electron chi connectivity index (χ3n) is 4.93. The molecule has 0 aromatic heterocycles. The first-order chi connectivity index (χ1) is 12.9. The van der Waals surface area contributed by atoms with E-state index in [-0.39, 0.29) is 23.3 Å². The summed E-state index contributed by atoms with van der Waals surface area (Å²) in [6.07, 6.45) is -0.112. The van der Waals surface area contributed by atoms with Gasteiger partial charge in [-0.25, -0.2) is 4.39 Å². The molecule has 0 radical (unpaired) electrons. The lowest BCUT2D eigenvalue weighted by molar-refractivity contribution is -0.122. The molecule has 1 aliphatic heterocycles. The number of ether oxygens (including phenoxy) is 1. The molecule has 3 rings (SSSR count). The number of hydrogen-bond acceptors (Lipinski definition) is 3. The second-order valence-electron chi connectivity index (χ2n) is 7.44. The maximum absolute atomic E-state index is 14.7. The predicted molar refractivity (Wildman–Crippen MR) is 106 cm³/mol. The first-order valence-corrected chi connectivity index (χ1v) is 9.46. The molecule has 2 aromatic rings. The van der Waals surface area contributed by atoms with E-state index in [0.29, 0.717) is 24.3 Å². The van der Waals surface area contributed by atoms with Crippen molar-refractivity contribution in [2.45, 2.75) is 52.7 Å². The zero-order valence-electron chi connectivity index (χ0n) is 16.4. The number of aryl methyl sites for hydroxylation is 1. The molecule has 1 heterocycles. The molecule has 0 saturated heterocycles. The Morgan fingerprint density at radius 1 is 1.22 bits per heavy atom. The van der Waals surface area contributed by atoms with Crippen molar-refractivity contribution in [1.82, 2.24) is 5.32 Å². The molecular weight excluding hydrogens is 343 g/mol. The Hall–Kier alpha value is -2.40. The molecule has 0 aliphatic carbocycles. The van der Waals surface area contributed by atoms with Crippen molar-refractivity contribution in [3.05, 3.63) is 58.4 Å². The Kier molecular flexibility index (Phi) is 5.80. The van der Waals surface area contributed by atoms with E-state index in [1.165, 1.54) is 0 Å². The first kappa shape index (κ1) is 19.4. The molecule has 2 N–H and O–H groups in total.